The summed E-state index contributed by atoms with van der Waals surface area (Å²) in [5, 5.41) is 0. The Labute approximate surface area is 111 Å². The Hall–Kier alpha value is -1.52. The van der Waals surface area contributed by atoms with Crippen LogP contribution in [0.15, 0.2) is 47.7 Å². The Kier molecular flexibility index (Phi) is 6.31. The van der Waals surface area contributed by atoms with Gasteiger partial charge in [-0.3, -0.25) is 9.78 Å². The molecule has 0 aliphatic heterocycles. The molecule has 0 bridgehead atoms. The second kappa shape index (κ2) is 6.93. The standard InChI is InChI=1S/C11H11N3O.2ClH/c12-10-3-4-11(15)14(8-10)7-9-2-1-5-13-6-9;;/h1-6,8H,7,12H2;2*1H. The predicted octanol–water partition coefficient (Wildman–Crippen LogP) is 1.72. The average Bonchev–Trinajstić information content (AvgIpc) is 2.25. The van der Waals surface area contributed by atoms with Gasteiger partial charge in [0, 0.05) is 30.3 Å². The number of hydrogen-bond donors (Lipinski definition) is 1. The maximum Gasteiger partial charge on any atom is 0.250 e. The summed E-state index contributed by atoms with van der Waals surface area (Å²) in [6.07, 6.45) is 5.07. The Morgan fingerprint density at radius 2 is 2.00 bits per heavy atom. The fourth-order valence-corrected chi connectivity index (χ4v) is 1.36. The first-order valence-corrected chi connectivity index (χ1v) is 4.60. The Morgan fingerprint density at radius 3 is 2.65 bits per heavy atom. The first kappa shape index (κ1) is 15.5. The van der Waals surface area contributed by atoms with Gasteiger partial charge in [0.1, 0.15) is 0 Å². The van der Waals surface area contributed by atoms with Gasteiger partial charge in [0.25, 0.3) is 5.56 Å². The van der Waals surface area contributed by atoms with E-state index >= 15 is 0 Å². The molecule has 0 saturated heterocycles. The van der Waals surface area contributed by atoms with Gasteiger partial charge in [0.15, 0.2) is 0 Å². The van der Waals surface area contributed by atoms with Crippen LogP contribution in [-0.4, -0.2) is 9.55 Å². The van der Waals surface area contributed by atoms with Crippen molar-refractivity contribution in [2.75, 3.05) is 5.73 Å². The van der Waals surface area contributed by atoms with Crippen LogP contribution in [0.4, 0.5) is 5.69 Å². The van der Waals surface area contributed by atoms with E-state index in [0.29, 0.717) is 12.2 Å². The van der Waals surface area contributed by atoms with Crippen molar-refractivity contribution in [1.82, 2.24) is 9.55 Å². The van der Waals surface area contributed by atoms with Gasteiger partial charge in [-0.25, -0.2) is 0 Å². The number of nitrogens with zero attached hydrogens (tertiary/aromatic N) is 2. The highest BCUT2D eigenvalue weighted by Crippen LogP contribution is 2.01. The van der Waals surface area contributed by atoms with Crippen molar-refractivity contribution < 1.29 is 0 Å². The van der Waals surface area contributed by atoms with E-state index in [-0.39, 0.29) is 30.4 Å². The minimum Gasteiger partial charge on any atom is -0.398 e. The Balaban J connectivity index is 0.00000128. The molecule has 0 saturated carbocycles. The second-order valence-electron chi connectivity index (χ2n) is 3.29. The van der Waals surface area contributed by atoms with Crippen LogP contribution in [0.5, 0.6) is 0 Å². The highest BCUT2D eigenvalue weighted by Gasteiger charge is 1.97. The summed E-state index contributed by atoms with van der Waals surface area (Å²) in [5.41, 5.74) is 7.10. The third-order valence-corrected chi connectivity index (χ3v) is 2.08. The molecule has 4 nitrogen and oxygen atoms in total. The van der Waals surface area contributed by atoms with E-state index in [2.05, 4.69) is 4.98 Å². The molecule has 0 aliphatic rings. The van der Waals surface area contributed by atoms with Crippen molar-refractivity contribution in [2.24, 2.45) is 0 Å². The SMILES string of the molecule is Cl.Cl.Nc1ccc(=O)n(Cc2cccnc2)c1. The molecule has 2 rings (SSSR count). The number of anilines is 1. The molecule has 0 fully saturated rings. The lowest BCUT2D eigenvalue weighted by molar-refractivity contribution is 0.758. The van der Waals surface area contributed by atoms with Crippen LogP contribution < -0.4 is 11.3 Å². The van der Waals surface area contributed by atoms with Crippen LogP contribution >= 0.6 is 24.8 Å². The van der Waals surface area contributed by atoms with Crippen molar-refractivity contribution in [3.05, 3.63) is 58.8 Å². The third kappa shape index (κ3) is 4.09. The van der Waals surface area contributed by atoms with Crippen LogP contribution in [0.25, 0.3) is 0 Å². The summed E-state index contributed by atoms with van der Waals surface area (Å²) in [5.74, 6) is 0. The van der Waals surface area contributed by atoms with Crippen LogP contribution in [0.3, 0.4) is 0 Å². The van der Waals surface area contributed by atoms with Crippen LogP contribution in [-0.2, 0) is 6.54 Å². The summed E-state index contributed by atoms with van der Waals surface area (Å²) in [7, 11) is 0. The van der Waals surface area contributed by atoms with Gasteiger partial charge in [-0.05, 0) is 17.7 Å². The van der Waals surface area contributed by atoms with Gasteiger partial charge in [-0.2, -0.15) is 0 Å². The van der Waals surface area contributed by atoms with Crippen LogP contribution in [0.1, 0.15) is 5.56 Å². The zero-order valence-electron chi connectivity index (χ0n) is 8.95. The molecular formula is C11H13Cl2N3O. The predicted molar refractivity (Wildman–Crippen MR) is 72.9 cm³/mol. The van der Waals surface area contributed by atoms with E-state index in [0.717, 1.165) is 5.56 Å². The molecule has 6 heteroatoms. The Morgan fingerprint density at radius 1 is 1.24 bits per heavy atom. The van der Waals surface area contributed by atoms with Crippen molar-refractivity contribution in [2.45, 2.75) is 6.54 Å². The second-order valence-corrected chi connectivity index (χ2v) is 3.29. The van der Waals surface area contributed by atoms with Crippen molar-refractivity contribution in [1.29, 1.82) is 0 Å². The van der Waals surface area contributed by atoms with E-state index < -0.39 is 0 Å². The summed E-state index contributed by atoms with van der Waals surface area (Å²) in [4.78, 5) is 15.4. The minimum absolute atomic E-state index is 0. The number of nitrogen functional groups attached to an aromatic ring is 1. The van der Waals surface area contributed by atoms with Crippen LogP contribution in [0.2, 0.25) is 0 Å². The highest BCUT2D eigenvalue weighted by atomic mass is 35.5. The van der Waals surface area contributed by atoms with Gasteiger partial charge in [-0.15, -0.1) is 24.8 Å². The summed E-state index contributed by atoms with van der Waals surface area (Å²) < 4.78 is 1.56. The molecule has 2 aromatic rings. The molecule has 2 heterocycles. The molecule has 0 aromatic carbocycles. The van der Waals surface area contributed by atoms with Crippen LogP contribution in [0, 0.1) is 0 Å². The number of halogens is 2. The van der Waals surface area contributed by atoms with E-state index in [1.165, 1.54) is 6.07 Å². The first-order chi connectivity index (χ1) is 7.25. The van der Waals surface area contributed by atoms with E-state index in [4.69, 9.17) is 5.73 Å². The maximum atomic E-state index is 11.5. The van der Waals surface area contributed by atoms with Crippen molar-refractivity contribution in [3.8, 4) is 0 Å². The summed E-state index contributed by atoms with van der Waals surface area (Å²) in [6, 6.07) is 6.82. The molecule has 2 N–H and O–H groups in total. The minimum atomic E-state index is -0.0620. The number of aromatic nitrogens is 2. The fourth-order valence-electron chi connectivity index (χ4n) is 1.36. The number of nitrogens with two attached hydrogens (primary N) is 1. The van der Waals surface area contributed by atoms with E-state index in [9.17, 15) is 4.79 Å². The maximum absolute atomic E-state index is 11.5. The molecule has 0 unspecified atom stereocenters. The van der Waals surface area contributed by atoms with E-state index in [1.807, 2.05) is 12.1 Å². The highest BCUT2D eigenvalue weighted by molar-refractivity contribution is 5.85. The van der Waals surface area contributed by atoms with Gasteiger partial charge in [0.2, 0.25) is 0 Å². The lowest BCUT2D eigenvalue weighted by Gasteiger charge is -2.05. The van der Waals surface area contributed by atoms with E-state index in [1.54, 1.807) is 29.2 Å². The molecular weight excluding hydrogens is 261 g/mol. The van der Waals surface area contributed by atoms with Gasteiger partial charge in [-0.1, -0.05) is 6.07 Å². The summed E-state index contributed by atoms with van der Waals surface area (Å²) in [6.45, 7) is 0.498. The molecule has 0 radical (unpaired) electrons. The molecule has 0 spiro atoms. The smallest absolute Gasteiger partial charge is 0.250 e. The lowest BCUT2D eigenvalue weighted by atomic mass is 10.3. The quantitative estimate of drug-likeness (QED) is 0.907. The molecule has 0 amide bonds. The molecule has 2 aromatic heterocycles. The number of rotatable bonds is 2. The van der Waals surface area contributed by atoms with Crippen molar-refractivity contribution in [3.63, 3.8) is 0 Å². The lowest BCUT2D eigenvalue weighted by Crippen LogP contribution is -2.19. The zero-order valence-corrected chi connectivity index (χ0v) is 10.6. The number of hydrogen-bond acceptors (Lipinski definition) is 3. The van der Waals surface area contributed by atoms with Gasteiger partial charge in [0.05, 0.1) is 6.54 Å². The zero-order chi connectivity index (χ0) is 10.7. The Bertz CT molecular complexity index is 514. The third-order valence-electron chi connectivity index (χ3n) is 2.08. The molecule has 0 atom stereocenters. The van der Waals surface area contributed by atoms with Gasteiger partial charge < -0.3 is 10.3 Å². The normalized spacial score (nSPS) is 8.94. The fraction of sp³-hybridized carbons (Fsp3) is 0.0909. The topological polar surface area (TPSA) is 60.9 Å². The number of pyridine rings is 2. The molecule has 0 aliphatic carbocycles. The monoisotopic (exact) mass is 273 g/mol. The first-order valence-electron chi connectivity index (χ1n) is 4.60. The summed E-state index contributed by atoms with van der Waals surface area (Å²) >= 11 is 0. The van der Waals surface area contributed by atoms with Gasteiger partial charge >= 0.3 is 0 Å². The van der Waals surface area contributed by atoms with Crippen molar-refractivity contribution >= 4 is 30.5 Å². The average molecular weight is 274 g/mol. The largest absolute Gasteiger partial charge is 0.398 e. The molecule has 92 valence electrons. The molecule has 17 heavy (non-hydrogen) atoms.